The van der Waals surface area contributed by atoms with Crippen molar-refractivity contribution in [3.05, 3.63) is 75.2 Å². The number of benzene rings is 1. The molecule has 1 N–H and O–H groups in total. The van der Waals surface area contributed by atoms with Gasteiger partial charge in [-0.15, -0.1) is 0 Å². The van der Waals surface area contributed by atoms with Crippen molar-refractivity contribution in [3.8, 4) is 5.75 Å². The first-order chi connectivity index (χ1) is 16.2. The second-order valence-corrected chi connectivity index (χ2v) is 8.55. The van der Waals surface area contributed by atoms with Crippen LogP contribution >= 0.6 is 0 Å². The number of nitrogens with one attached hydrogen (secondary N) is 1. The smallest absolute Gasteiger partial charge is 0.255 e. The molecule has 34 heavy (non-hydrogen) atoms. The largest absolute Gasteiger partial charge is 0.489 e. The van der Waals surface area contributed by atoms with Gasteiger partial charge >= 0.3 is 0 Å². The van der Waals surface area contributed by atoms with Gasteiger partial charge in [-0.3, -0.25) is 14.2 Å². The highest BCUT2D eigenvalue weighted by atomic mass is 16.5. The first kappa shape index (κ1) is 23.3. The second-order valence-electron chi connectivity index (χ2n) is 8.55. The minimum atomic E-state index is -0.197. The van der Waals surface area contributed by atoms with Crippen LogP contribution in [-0.2, 0) is 20.2 Å². The summed E-state index contributed by atoms with van der Waals surface area (Å²) >= 11 is 0. The average Bonchev–Trinajstić information content (AvgIpc) is 3.36. The molecule has 0 aliphatic heterocycles. The standard InChI is InChI=1S/C25H30N6O3/c1-14-22(17(4)30(7)27-14)12-31-18(5)24(16(3)28-31)26-25(32)20-8-10-21(11-9-20)33-13-23-15(2)29-34-19(23)6/h8-11H,12-13H2,1-7H3,(H,26,32). The van der Waals surface area contributed by atoms with Gasteiger partial charge in [-0.25, -0.2) is 0 Å². The fraction of sp³-hybridized carbons (Fsp3) is 0.360. The number of anilines is 1. The summed E-state index contributed by atoms with van der Waals surface area (Å²) in [5.41, 5.74) is 7.89. The predicted molar refractivity (Wildman–Crippen MR) is 128 cm³/mol. The summed E-state index contributed by atoms with van der Waals surface area (Å²) in [7, 11) is 1.94. The van der Waals surface area contributed by atoms with E-state index in [0.717, 1.165) is 51.0 Å². The molecular formula is C25H30N6O3. The fourth-order valence-electron chi connectivity index (χ4n) is 3.98. The highest BCUT2D eigenvalue weighted by Gasteiger charge is 2.18. The van der Waals surface area contributed by atoms with E-state index < -0.39 is 0 Å². The Hall–Kier alpha value is -3.88. The molecule has 0 bridgehead atoms. The average molecular weight is 463 g/mol. The molecule has 3 heterocycles. The minimum absolute atomic E-state index is 0.197. The SMILES string of the molecule is Cc1noc(C)c1COc1ccc(C(=O)Nc2c(C)nn(Cc3c(C)nn(C)c3C)c2C)cc1. The Balaban J connectivity index is 1.44. The van der Waals surface area contributed by atoms with E-state index in [-0.39, 0.29) is 5.91 Å². The lowest BCUT2D eigenvalue weighted by Crippen LogP contribution is -2.13. The molecule has 3 aromatic heterocycles. The number of aromatic nitrogens is 5. The van der Waals surface area contributed by atoms with Crippen molar-refractivity contribution >= 4 is 11.6 Å². The number of carbonyl (C=O) groups is 1. The van der Waals surface area contributed by atoms with Crippen molar-refractivity contribution in [3.63, 3.8) is 0 Å². The zero-order chi connectivity index (χ0) is 24.6. The normalized spacial score (nSPS) is 11.1. The summed E-state index contributed by atoms with van der Waals surface area (Å²) in [6, 6.07) is 7.05. The van der Waals surface area contributed by atoms with Crippen LogP contribution in [0, 0.1) is 41.5 Å². The number of amides is 1. The molecule has 0 aliphatic rings. The van der Waals surface area contributed by atoms with Gasteiger partial charge in [0.25, 0.3) is 5.91 Å². The maximum absolute atomic E-state index is 12.9. The quantitative estimate of drug-likeness (QED) is 0.439. The van der Waals surface area contributed by atoms with Gasteiger partial charge < -0.3 is 14.6 Å². The van der Waals surface area contributed by atoms with E-state index in [4.69, 9.17) is 9.26 Å². The summed E-state index contributed by atoms with van der Waals surface area (Å²) in [5.74, 6) is 1.21. The number of hydrogen-bond donors (Lipinski definition) is 1. The molecule has 0 saturated carbocycles. The van der Waals surface area contributed by atoms with Gasteiger partial charge in [-0.1, -0.05) is 5.16 Å². The number of carbonyl (C=O) groups excluding carboxylic acids is 1. The van der Waals surface area contributed by atoms with Gasteiger partial charge in [0.15, 0.2) is 0 Å². The Morgan fingerprint density at radius 1 is 0.941 bits per heavy atom. The monoisotopic (exact) mass is 462 g/mol. The molecule has 0 aliphatic carbocycles. The van der Waals surface area contributed by atoms with Crippen LogP contribution in [0.1, 0.15) is 55.7 Å². The van der Waals surface area contributed by atoms with E-state index in [1.54, 1.807) is 24.3 Å². The fourth-order valence-corrected chi connectivity index (χ4v) is 3.98. The van der Waals surface area contributed by atoms with Gasteiger partial charge in [0.2, 0.25) is 0 Å². The molecule has 0 unspecified atom stereocenters. The topological polar surface area (TPSA) is 100 Å². The molecule has 0 atom stereocenters. The third-order valence-electron chi connectivity index (χ3n) is 6.27. The van der Waals surface area contributed by atoms with Crippen molar-refractivity contribution < 1.29 is 14.1 Å². The first-order valence-electron chi connectivity index (χ1n) is 11.1. The maximum atomic E-state index is 12.9. The molecule has 9 nitrogen and oxygen atoms in total. The summed E-state index contributed by atoms with van der Waals surface area (Å²) in [4.78, 5) is 12.9. The van der Waals surface area contributed by atoms with Gasteiger partial charge in [0.05, 0.1) is 40.6 Å². The molecule has 9 heteroatoms. The van der Waals surface area contributed by atoms with Crippen LogP contribution in [-0.4, -0.2) is 30.6 Å². The van der Waals surface area contributed by atoms with Crippen LogP contribution in [0.4, 0.5) is 5.69 Å². The van der Waals surface area contributed by atoms with Gasteiger partial charge in [-0.05, 0) is 65.8 Å². The molecular weight excluding hydrogens is 432 g/mol. The molecule has 178 valence electrons. The number of ether oxygens (including phenoxy) is 1. The van der Waals surface area contributed by atoms with Gasteiger partial charge in [-0.2, -0.15) is 10.2 Å². The van der Waals surface area contributed by atoms with Crippen molar-refractivity contribution in [1.82, 2.24) is 24.7 Å². The summed E-state index contributed by atoms with van der Waals surface area (Å²) in [6.07, 6.45) is 0. The van der Waals surface area contributed by atoms with Crippen molar-refractivity contribution in [2.75, 3.05) is 5.32 Å². The second kappa shape index (κ2) is 9.17. The van der Waals surface area contributed by atoms with Crippen molar-refractivity contribution in [2.24, 2.45) is 7.05 Å². The highest BCUT2D eigenvalue weighted by molar-refractivity contribution is 6.04. The number of aryl methyl sites for hydroxylation is 5. The van der Waals surface area contributed by atoms with Crippen molar-refractivity contribution in [2.45, 2.75) is 54.7 Å². The van der Waals surface area contributed by atoms with Crippen molar-refractivity contribution in [1.29, 1.82) is 0 Å². The molecule has 0 spiro atoms. The number of nitrogens with zero attached hydrogens (tertiary/aromatic N) is 5. The summed E-state index contributed by atoms with van der Waals surface area (Å²) in [5, 5.41) is 16.1. The third kappa shape index (κ3) is 4.46. The van der Waals surface area contributed by atoms with Gasteiger partial charge in [0.1, 0.15) is 18.1 Å². The maximum Gasteiger partial charge on any atom is 0.255 e. The lowest BCUT2D eigenvalue weighted by molar-refractivity contribution is 0.102. The van der Waals surface area contributed by atoms with E-state index in [9.17, 15) is 4.79 Å². The summed E-state index contributed by atoms with van der Waals surface area (Å²) < 4.78 is 14.8. The molecule has 4 aromatic rings. The van der Waals surface area contributed by atoms with Gasteiger partial charge in [0, 0.05) is 23.9 Å². The summed E-state index contributed by atoms with van der Waals surface area (Å²) in [6.45, 7) is 12.6. The Morgan fingerprint density at radius 2 is 1.65 bits per heavy atom. The third-order valence-corrected chi connectivity index (χ3v) is 6.27. The Morgan fingerprint density at radius 3 is 2.24 bits per heavy atom. The molecule has 4 rings (SSSR count). The first-order valence-corrected chi connectivity index (χ1v) is 11.1. The van der Waals surface area contributed by atoms with E-state index in [1.807, 2.05) is 58.0 Å². The molecule has 1 aromatic carbocycles. The zero-order valence-electron chi connectivity index (χ0n) is 20.7. The molecule has 0 saturated heterocycles. The van der Waals surface area contributed by atoms with Crippen LogP contribution in [0.25, 0.3) is 0 Å². The van der Waals surface area contributed by atoms with E-state index in [0.29, 0.717) is 24.5 Å². The molecule has 0 fully saturated rings. The lowest BCUT2D eigenvalue weighted by Gasteiger charge is -2.09. The Bertz CT molecular complexity index is 1320. The lowest BCUT2D eigenvalue weighted by atomic mass is 10.2. The Labute approximate surface area is 198 Å². The van der Waals surface area contributed by atoms with E-state index in [1.165, 1.54) is 0 Å². The zero-order valence-corrected chi connectivity index (χ0v) is 20.7. The van der Waals surface area contributed by atoms with Crippen LogP contribution in [0.15, 0.2) is 28.8 Å². The molecule has 0 radical (unpaired) electrons. The van der Waals surface area contributed by atoms with Crippen LogP contribution in [0.3, 0.4) is 0 Å². The number of rotatable bonds is 7. The highest BCUT2D eigenvalue weighted by Crippen LogP contribution is 2.24. The van der Waals surface area contributed by atoms with Crippen LogP contribution in [0.2, 0.25) is 0 Å². The van der Waals surface area contributed by atoms with Crippen LogP contribution in [0.5, 0.6) is 5.75 Å². The van der Waals surface area contributed by atoms with Crippen LogP contribution < -0.4 is 10.1 Å². The minimum Gasteiger partial charge on any atom is -0.489 e. The Kier molecular flexibility index (Phi) is 6.28. The molecule has 1 amide bonds. The predicted octanol–water partition coefficient (Wildman–Crippen LogP) is 4.33. The van der Waals surface area contributed by atoms with E-state index in [2.05, 4.69) is 20.7 Å². The van der Waals surface area contributed by atoms with E-state index >= 15 is 0 Å². The number of hydrogen-bond acceptors (Lipinski definition) is 6.